The number of benzene rings is 1. The summed E-state index contributed by atoms with van der Waals surface area (Å²) in [6, 6.07) is 9.45. The van der Waals surface area contributed by atoms with Crippen LogP contribution in [0.4, 0.5) is 5.69 Å². The Kier molecular flexibility index (Phi) is 4.19. The highest BCUT2D eigenvalue weighted by molar-refractivity contribution is 5.57. The molecular formula is C17H28N2. The molecule has 1 saturated heterocycles. The molecule has 19 heavy (non-hydrogen) atoms. The lowest BCUT2D eigenvalue weighted by Crippen LogP contribution is -2.60. The van der Waals surface area contributed by atoms with Crippen molar-refractivity contribution in [2.24, 2.45) is 0 Å². The Morgan fingerprint density at radius 1 is 1.26 bits per heavy atom. The molecule has 1 aromatic rings. The van der Waals surface area contributed by atoms with Gasteiger partial charge in [0.2, 0.25) is 0 Å². The lowest BCUT2D eigenvalue weighted by atomic mass is 9.83. The van der Waals surface area contributed by atoms with Gasteiger partial charge in [-0.25, -0.2) is 0 Å². The molecule has 1 aromatic carbocycles. The fourth-order valence-electron chi connectivity index (χ4n) is 3.43. The van der Waals surface area contributed by atoms with Crippen LogP contribution in [-0.2, 0) is 0 Å². The van der Waals surface area contributed by atoms with Crippen LogP contribution in [0, 0.1) is 0 Å². The summed E-state index contributed by atoms with van der Waals surface area (Å²) in [6.07, 6.45) is 2.53. The molecule has 0 bridgehead atoms. The zero-order valence-corrected chi connectivity index (χ0v) is 13.0. The highest BCUT2D eigenvalue weighted by Gasteiger charge is 2.38. The number of hydrogen-bond acceptors (Lipinski definition) is 2. The molecule has 1 fully saturated rings. The van der Waals surface area contributed by atoms with Crippen LogP contribution in [0.1, 0.15) is 52.0 Å². The molecular weight excluding hydrogens is 232 g/mol. The van der Waals surface area contributed by atoms with Gasteiger partial charge in [-0.1, -0.05) is 32.0 Å². The first-order chi connectivity index (χ1) is 8.98. The number of nitrogens with one attached hydrogen (secondary N) is 1. The molecule has 0 aliphatic carbocycles. The Morgan fingerprint density at radius 3 is 2.58 bits per heavy atom. The highest BCUT2D eigenvalue weighted by Crippen LogP contribution is 2.36. The minimum atomic E-state index is 0.165. The van der Waals surface area contributed by atoms with Crippen molar-refractivity contribution in [3.8, 4) is 0 Å². The summed E-state index contributed by atoms with van der Waals surface area (Å²) >= 11 is 0. The maximum Gasteiger partial charge on any atom is 0.0498 e. The Labute approximate surface area is 118 Å². The second kappa shape index (κ2) is 5.54. The van der Waals surface area contributed by atoms with E-state index in [1.165, 1.54) is 24.1 Å². The third kappa shape index (κ3) is 2.64. The van der Waals surface area contributed by atoms with Crippen LogP contribution in [-0.4, -0.2) is 25.2 Å². The van der Waals surface area contributed by atoms with Gasteiger partial charge in [0.15, 0.2) is 0 Å². The molecule has 0 radical (unpaired) electrons. The predicted molar refractivity (Wildman–Crippen MR) is 84.0 cm³/mol. The van der Waals surface area contributed by atoms with Gasteiger partial charge in [0.1, 0.15) is 0 Å². The number of hydrogen-bond donors (Lipinski definition) is 1. The molecule has 2 rings (SSSR count). The van der Waals surface area contributed by atoms with E-state index in [1.54, 1.807) is 0 Å². The van der Waals surface area contributed by atoms with Crippen molar-refractivity contribution in [2.75, 3.05) is 18.5 Å². The van der Waals surface area contributed by atoms with Crippen LogP contribution in [0.5, 0.6) is 0 Å². The molecule has 1 aliphatic rings. The van der Waals surface area contributed by atoms with E-state index in [9.17, 15) is 0 Å². The number of rotatable bonds is 3. The normalized spacial score (nSPS) is 22.8. The van der Waals surface area contributed by atoms with Crippen molar-refractivity contribution in [3.63, 3.8) is 0 Å². The molecule has 0 spiro atoms. The van der Waals surface area contributed by atoms with Crippen LogP contribution in [0.15, 0.2) is 24.3 Å². The number of para-hydroxylation sites is 1. The molecule has 0 saturated carbocycles. The van der Waals surface area contributed by atoms with E-state index in [0.717, 1.165) is 6.54 Å². The Balaban J connectivity index is 2.40. The fourth-order valence-corrected chi connectivity index (χ4v) is 3.43. The van der Waals surface area contributed by atoms with Crippen molar-refractivity contribution in [3.05, 3.63) is 29.8 Å². The molecule has 1 heterocycles. The lowest BCUT2D eigenvalue weighted by Gasteiger charge is -2.50. The van der Waals surface area contributed by atoms with Gasteiger partial charge in [-0.2, -0.15) is 0 Å². The zero-order valence-electron chi connectivity index (χ0n) is 13.0. The summed E-state index contributed by atoms with van der Waals surface area (Å²) in [7, 11) is 2.09. The van der Waals surface area contributed by atoms with Crippen LogP contribution in [0.3, 0.4) is 0 Å². The van der Waals surface area contributed by atoms with E-state index < -0.39 is 0 Å². The third-order valence-corrected chi connectivity index (χ3v) is 4.62. The minimum Gasteiger partial charge on any atom is -0.365 e. The molecule has 106 valence electrons. The molecule has 1 atom stereocenters. The SMILES string of the molecule is CNC1CCCN(c2ccccc2C(C)C)C1(C)C. The Morgan fingerprint density at radius 2 is 1.95 bits per heavy atom. The summed E-state index contributed by atoms with van der Waals surface area (Å²) < 4.78 is 0. The van der Waals surface area contributed by atoms with Crippen LogP contribution in [0.2, 0.25) is 0 Å². The zero-order chi connectivity index (χ0) is 14.0. The number of piperidine rings is 1. The van der Waals surface area contributed by atoms with E-state index in [1.807, 2.05) is 0 Å². The van der Waals surface area contributed by atoms with Crippen molar-refractivity contribution in [2.45, 2.75) is 58.0 Å². The number of likely N-dealkylation sites (N-methyl/N-ethyl adjacent to an activating group) is 1. The van der Waals surface area contributed by atoms with E-state index in [0.29, 0.717) is 12.0 Å². The van der Waals surface area contributed by atoms with Crippen molar-refractivity contribution in [1.82, 2.24) is 5.32 Å². The largest absolute Gasteiger partial charge is 0.365 e. The van der Waals surface area contributed by atoms with E-state index in [2.05, 4.69) is 69.2 Å². The lowest BCUT2D eigenvalue weighted by molar-refractivity contribution is 0.275. The summed E-state index contributed by atoms with van der Waals surface area (Å²) in [5.74, 6) is 0.571. The van der Waals surface area contributed by atoms with Crippen LogP contribution in [0.25, 0.3) is 0 Å². The molecule has 1 unspecified atom stereocenters. The average molecular weight is 260 g/mol. The number of anilines is 1. The van der Waals surface area contributed by atoms with Gasteiger partial charge >= 0.3 is 0 Å². The van der Waals surface area contributed by atoms with Crippen molar-refractivity contribution in [1.29, 1.82) is 0 Å². The molecule has 0 aromatic heterocycles. The van der Waals surface area contributed by atoms with Gasteiger partial charge in [-0.3, -0.25) is 0 Å². The first kappa shape index (κ1) is 14.4. The molecule has 2 heteroatoms. The second-order valence-corrected chi connectivity index (χ2v) is 6.50. The van der Waals surface area contributed by atoms with E-state index >= 15 is 0 Å². The maximum absolute atomic E-state index is 3.50. The topological polar surface area (TPSA) is 15.3 Å². The van der Waals surface area contributed by atoms with Crippen molar-refractivity contribution >= 4 is 5.69 Å². The van der Waals surface area contributed by atoms with Gasteiger partial charge in [0, 0.05) is 23.8 Å². The van der Waals surface area contributed by atoms with Gasteiger partial charge in [0.05, 0.1) is 0 Å². The van der Waals surface area contributed by atoms with Gasteiger partial charge in [0.25, 0.3) is 0 Å². The van der Waals surface area contributed by atoms with Crippen LogP contribution >= 0.6 is 0 Å². The first-order valence-electron chi connectivity index (χ1n) is 7.52. The summed E-state index contributed by atoms with van der Waals surface area (Å²) in [6.45, 7) is 10.5. The number of nitrogens with zero attached hydrogens (tertiary/aromatic N) is 1. The van der Waals surface area contributed by atoms with E-state index in [-0.39, 0.29) is 5.54 Å². The fraction of sp³-hybridized carbons (Fsp3) is 0.647. The highest BCUT2D eigenvalue weighted by atomic mass is 15.2. The van der Waals surface area contributed by atoms with Crippen molar-refractivity contribution < 1.29 is 0 Å². The second-order valence-electron chi connectivity index (χ2n) is 6.50. The molecule has 1 aliphatic heterocycles. The van der Waals surface area contributed by atoms with Crippen LogP contribution < -0.4 is 10.2 Å². The molecule has 2 nitrogen and oxygen atoms in total. The molecule has 1 N–H and O–H groups in total. The van der Waals surface area contributed by atoms with Gasteiger partial charge < -0.3 is 10.2 Å². The van der Waals surface area contributed by atoms with Gasteiger partial charge in [-0.05, 0) is 51.3 Å². The monoisotopic (exact) mass is 260 g/mol. The van der Waals surface area contributed by atoms with E-state index in [4.69, 9.17) is 0 Å². The Hall–Kier alpha value is -1.02. The first-order valence-corrected chi connectivity index (χ1v) is 7.52. The average Bonchev–Trinajstić information content (AvgIpc) is 2.38. The standard InChI is InChI=1S/C17H28N2/c1-13(2)14-9-6-7-10-15(14)19-12-8-11-16(18-5)17(19,3)4/h6-7,9-10,13,16,18H,8,11-12H2,1-5H3. The minimum absolute atomic E-state index is 0.165. The Bertz CT molecular complexity index is 423. The summed E-state index contributed by atoms with van der Waals surface area (Å²) in [5.41, 5.74) is 3.05. The van der Waals surface area contributed by atoms with Gasteiger partial charge in [-0.15, -0.1) is 0 Å². The maximum atomic E-state index is 3.50. The quantitative estimate of drug-likeness (QED) is 0.890. The predicted octanol–water partition coefficient (Wildman–Crippen LogP) is 3.78. The third-order valence-electron chi connectivity index (χ3n) is 4.62. The summed E-state index contributed by atoms with van der Waals surface area (Å²) in [5, 5.41) is 3.50. The summed E-state index contributed by atoms with van der Waals surface area (Å²) in [4.78, 5) is 2.60. The molecule has 0 amide bonds. The smallest absolute Gasteiger partial charge is 0.0498 e.